The molecule has 0 bridgehead atoms. The molecule has 0 radical (unpaired) electrons. The Morgan fingerprint density at radius 1 is 1.32 bits per heavy atom. The van der Waals surface area contributed by atoms with Crippen LogP contribution in [0.5, 0.6) is 0 Å². The summed E-state index contributed by atoms with van der Waals surface area (Å²) in [6, 6.07) is 10.2. The van der Waals surface area contributed by atoms with Gasteiger partial charge < -0.3 is 0 Å². The van der Waals surface area contributed by atoms with Gasteiger partial charge in [0.05, 0.1) is 11.4 Å². The van der Waals surface area contributed by atoms with E-state index < -0.39 is 0 Å². The smallest absolute Gasteiger partial charge is 0.186 e. The predicted molar refractivity (Wildman–Crippen MR) is 76.1 cm³/mol. The molecule has 19 heavy (non-hydrogen) atoms. The number of nitrogens with zero attached hydrogens (tertiary/aromatic N) is 1. The van der Waals surface area contributed by atoms with Crippen molar-refractivity contribution in [3.63, 3.8) is 0 Å². The van der Waals surface area contributed by atoms with Crippen LogP contribution >= 0.6 is 11.3 Å². The zero-order valence-electron chi connectivity index (χ0n) is 11.0. The van der Waals surface area contributed by atoms with Gasteiger partial charge in [-0.1, -0.05) is 24.3 Å². The highest BCUT2D eigenvalue weighted by Gasteiger charge is 2.18. The summed E-state index contributed by atoms with van der Waals surface area (Å²) in [4.78, 5) is 14.6. The Kier molecular flexibility index (Phi) is 4.45. The van der Waals surface area contributed by atoms with Crippen LogP contribution in [0.2, 0.25) is 0 Å². The maximum atomic E-state index is 13.7. The molecule has 0 aliphatic carbocycles. The molecule has 1 aromatic heterocycles. The average molecular weight is 277 g/mol. The minimum Gasteiger partial charge on any atom is -0.292 e. The quantitative estimate of drug-likeness (QED) is 0.776. The van der Waals surface area contributed by atoms with Crippen molar-refractivity contribution < 1.29 is 9.18 Å². The second-order valence-electron chi connectivity index (χ2n) is 4.51. The van der Waals surface area contributed by atoms with Gasteiger partial charge in [-0.3, -0.25) is 9.69 Å². The molecule has 0 N–H and O–H groups in total. The van der Waals surface area contributed by atoms with Crippen LogP contribution in [-0.2, 0) is 0 Å². The maximum absolute atomic E-state index is 13.7. The number of rotatable bonds is 5. The fraction of sp³-hybridized carbons (Fsp3) is 0.267. The van der Waals surface area contributed by atoms with Crippen molar-refractivity contribution in [1.82, 2.24) is 4.90 Å². The number of hydrogen-bond acceptors (Lipinski definition) is 3. The van der Waals surface area contributed by atoms with E-state index in [1.54, 1.807) is 12.1 Å². The van der Waals surface area contributed by atoms with Gasteiger partial charge in [0.25, 0.3) is 0 Å². The zero-order valence-corrected chi connectivity index (χ0v) is 11.8. The summed E-state index contributed by atoms with van der Waals surface area (Å²) in [5.41, 5.74) is 0.615. The molecule has 0 saturated heterocycles. The largest absolute Gasteiger partial charge is 0.292 e. The minimum absolute atomic E-state index is 0.0701. The third-order valence-electron chi connectivity index (χ3n) is 3.21. The van der Waals surface area contributed by atoms with Crippen LogP contribution in [0.4, 0.5) is 4.39 Å². The van der Waals surface area contributed by atoms with Crippen molar-refractivity contribution in [2.24, 2.45) is 0 Å². The standard InChI is InChI=1S/C15H16FNOS/c1-11(12-6-3-4-7-13(12)16)17(2)10-14(18)15-8-5-9-19-15/h3-9,11H,10H2,1-2H3. The van der Waals surface area contributed by atoms with Crippen molar-refractivity contribution in [3.05, 3.63) is 58.0 Å². The number of Topliss-reactive ketones (excluding diaryl/α,β-unsaturated/α-hetero) is 1. The summed E-state index contributed by atoms with van der Waals surface area (Å²) < 4.78 is 13.7. The van der Waals surface area contributed by atoms with Crippen LogP contribution in [0.25, 0.3) is 0 Å². The molecule has 2 rings (SSSR count). The number of ketones is 1. The van der Waals surface area contributed by atoms with E-state index in [9.17, 15) is 9.18 Å². The Bertz CT molecular complexity index is 553. The Balaban J connectivity index is 2.06. The van der Waals surface area contributed by atoms with E-state index in [-0.39, 0.29) is 24.2 Å². The number of halogens is 1. The molecule has 0 aliphatic heterocycles. The fourth-order valence-corrected chi connectivity index (χ4v) is 2.59. The topological polar surface area (TPSA) is 20.3 Å². The molecule has 0 fully saturated rings. The monoisotopic (exact) mass is 277 g/mol. The molecule has 2 aromatic rings. The molecule has 1 heterocycles. The third-order valence-corrected chi connectivity index (χ3v) is 4.12. The van der Waals surface area contributed by atoms with Crippen molar-refractivity contribution in [1.29, 1.82) is 0 Å². The molecular formula is C15H16FNOS. The first-order valence-corrected chi connectivity index (χ1v) is 6.99. The highest BCUT2D eigenvalue weighted by Crippen LogP contribution is 2.22. The van der Waals surface area contributed by atoms with Gasteiger partial charge in [0.1, 0.15) is 5.82 Å². The first kappa shape index (κ1) is 13.9. The van der Waals surface area contributed by atoms with Crippen LogP contribution in [0.1, 0.15) is 28.2 Å². The molecule has 1 aromatic carbocycles. The minimum atomic E-state index is -0.231. The lowest BCUT2D eigenvalue weighted by Crippen LogP contribution is -2.29. The van der Waals surface area contributed by atoms with Crippen LogP contribution in [0.15, 0.2) is 41.8 Å². The second kappa shape index (κ2) is 6.08. The summed E-state index contributed by atoms with van der Waals surface area (Å²) in [6.45, 7) is 2.19. The molecule has 100 valence electrons. The first-order valence-electron chi connectivity index (χ1n) is 6.11. The van der Waals surface area contributed by atoms with Gasteiger partial charge in [-0.15, -0.1) is 11.3 Å². The van der Waals surface area contributed by atoms with Crippen LogP contribution in [-0.4, -0.2) is 24.3 Å². The number of likely N-dealkylation sites (N-methyl/N-ethyl adjacent to an activating group) is 1. The van der Waals surface area contributed by atoms with Gasteiger partial charge in [-0.25, -0.2) is 4.39 Å². The second-order valence-corrected chi connectivity index (χ2v) is 5.46. The summed E-state index contributed by atoms with van der Waals surface area (Å²) >= 11 is 1.43. The van der Waals surface area contributed by atoms with Gasteiger partial charge >= 0.3 is 0 Å². The predicted octanol–water partition coefficient (Wildman–Crippen LogP) is 3.76. The molecule has 0 spiro atoms. The molecule has 2 nitrogen and oxygen atoms in total. The third kappa shape index (κ3) is 3.28. The van der Waals surface area contributed by atoms with E-state index >= 15 is 0 Å². The Morgan fingerprint density at radius 2 is 2.05 bits per heavy atom. The Hall–Kier alpha value is -1.52. The summed E-state index contributed by atoms with van der Waals surface area (Å²) in [6.07, 6.45) is 0. The molecule has 0 saturated carbocycles. The Labute approximate surface area is 116 Å². The first-order chi connectivity index (χ1) is 9.09. The molecular weight excluding hydrogens is 261 g/mol. The summed E-state index contributed by atoms with van der Waals surface area (Å²) in [7, 11) is 1.84. The lowest BCUT2D eigenvalue weighted by molar-refractivity contribution is 0.0927. The Morgan fingerprint density at radius 3 is 2.68 bits per heavy atom. The van der Waals surface area contributed by atoms with E-state index in [0.29, 0.717) is 5.56 Å². The number of thiophene rings is 1. The van der Waals surface area contributed by atoms with E-state index in [1.165, 1.54) is 17.4 Å². The number of benzene rings is 1. The van der Waals surface area contributed by atoms with Gasteiger partial charge in [-0.2, -0.15) is 0 Å². The van der Waals surface area contributed by atoms with E-state index in [2.05, 4.69) is 0 Å². The normalized spacial score (nSPS) is 12.6. The van der Waals surface area contributed by atoms with Gasteiger partial charge in [0, 0.05) is 11.6 Å². The van der Waals surface area contributed by atoms with Crippen molar-refractivity contribution in [2.75, 3.05) is 13.6 Å². The zero-order chi connectivity index (χ0) is 13.8. The van der Waals surface area contributed by atoms with Gasteiger partial charge in [-0.05, 0) is 31.5 Å². The number of hydrogen-bond donors (Lipinski definition) is 0. The van der Waals surface area contributed by atoms with Crippen LogP contribution in [0, 0.1) is 5.82 Å². The molecule has 0 amide bonds. The van der Waals surface area contributed by atoms with Crippen molar-refractivity contribution in [3.8, 4) is 0 Å². The van der Waals surface area contributed by atoms with E-state index in [0.717, 1.165) is 4.88 Å². The molecule has 4 heteroatoms. The van der Waals surface area contributed by atoms with E-state index in [1.807, 2.05) is 42.5 Å². The maximum Gasteiger partial charge on any atom is 0.186 e. The summed E-state index contributed by atoms with van der Waals surface area (Å²) in [5.74, 6) is -0.161. The average Bonchev–Trinajstić information content (AvgIpc) is 2.92. The van der Waals surface area contributed by atoms with Crippen molar-refractivity contribution >= 4 is 17.1 Å². The number of carbonyl (C=O) groups excluding carboxylic acids is 1. The highest BCUT2D eigenvalue weighted by molar-refractivity contribution is 7.12. The van der Waals surface area contributed by atoms with Crippen molar-refractivity contribution in [2.45, 2.75) is 13.0 Å². The highest BCUT2D eigenvalue weighted by atomic mass is 32.1. The lowest BCUT2D eigenvalue weighted by atomic mass is 10.1. The van der Waals surface area contributed by atoms with E-state index in [4.69, 9.17) is 0 Å². The SMILES string of the molecule is CC(c1ccccc1F)N(C)CC(=O)c1cccs1. The fourth-order valence-electron chi connectivity index (χ4n) is 1.93. The number of carbonyl (C=O) groups is 1. The molecule has 0 aliphatic rings. The van der Waals surface area contributed by atoms with Gasteiger partial charge in [0.15, 0.2) is 5.78 Å². The lowest BCUT2D eigenvalue weighted by Gasteiger charge is -2.24. The van der Waals surface area contributed by atoms with Gasteiger partial charge in [0.2, 0.25) is 0 Å². The molecule has 1 unspecified atom stereocenters. The summed E-state index contributed by atoms with van der Waals surface area (Å²) in [5, 5.41) is 1.88. The van der Waals surface area contributed by atoms with Crippen LogP contribution in [0.3, 0.4) is 0 Å². The molecule has 1 atom stereocenters. The van der Waals surface area contributed by atoms with Crippen LogP contribution < -0.4 is 0 Å².